The van der Waals surface area contributed by atoms with Crippen LogP contribution in [0.3, 0.4) is 0 Å². The molecule has 2 aliphatic carbocycles. The van der Waals surface area contributed by atoms with Crippen LogP contribution in [0, 0.1) is 11.8 Å². The minimum absolute atomic E-state index is 0.378. The van der Waals surface area contributed by atoms with E-state index in [1.54, 1.807) is 0 Å². The summed E-state index contributed by atoms with van der Waals surface area (Å²) in [6.45, 7) is 0. The summed E-state index contributed by atoms with van der Waals surface area (Å²) < 4.78 is 5.60. The lowest BCUT2D eigenvalue weighted by Gasteiger charge is -2.20. The Bertz CT molecular complexity index is 677. The lowest BCUT2D eigenvalue weighted by atomic mass is 9.84. The van der Waals surface area contributed by atoms with Crippen LogP contribution in [-0.4, -0.2) is 5.16 Å². The van der Waals surface area contributed by atoms with Crippen molar-refractivity contribution in [3.05, 3.63) is 34.0 Å². The zero-order chi connectivity index (χ0) is 14.6. The highest BCUT2D eigenvalue weighted by Crippen LogP contribution is 2.55. The van der Waals surface area contributed by atoms with E-state index in [-0.39, 0.29) is 0 Å². The van der Waals surface area contributed by atoms with Crippen molar-refractivity contribution in [3.63, 3.8) is 0 Å². The third-order valence-corrected chi connectivity index (χ3v) is 5.66. The number of hydrogen-bond donors (Lipinski definition) is 1. The lowest BCUT2D eigenvalue weighted by molar-refractivity contribution is 0.312. The number of nitrogen functional groups attached to an aromatic ring is 1. The third kappa shape index (κ3) is 2.06. The summed E-state index contributed by atoms with van der Waals surface area (Å²) in [5.74, 6) is 3.15. The van der Waals surface area contributed by atoms with Crippen LogP contribution in [0.4, 0.5) is 5.82 Å². The van der Waals surface area contributed by atoms with E-state index < -0.39 is 0 Å². The van der Waals surface area contributed by atoms with Crippen LogP contribution in [0.1, 0.15) is 37.4 Å². The number of fused-ring (bicyclic) bond motifs is 2. The van der Waals surface area contributed by atoms with Crippen molar-refractivity contribution in [2.24, 2.45) is 11.8 Å². The van der Waals surface area contributed by atoms with Gasteiger partial charge in [0, 0.05) is 11.5 Å². The molecule has 4 rings (SSSR count). The number of halogens is 2. The molecule has 0 aliphatic heterocycles. The molecule has 2 bridgehead atoms. The molecule has 0 amide bonds. The van der Waals surface area contributed by atoms with Gasteiger partial charge in [0.1, 0.15) is 5.76 Å². The van der Waals surface area contributed by atoms with E-state index in [0.29, 0.717) is 27.7 Å². The number of hydrogen-bond acceptors (Lipinski definition) is 3. The second kappa shape index (κ2) is 4.92. The van der Waals surface area contributed by atoms with E-state index in [1.807, 2.05) is 18.2 Å². The molecular formula is C16H16Cl2N2O. The number of anilines is 1. The maximum atomic E-state index is 6.34. The molecule has 5 heteroatoms. The summed E-state index contributed by atoms with van der Waals surface area (Å²) in [4.78, 5) is 0. The number of aromatic nitrogens is 1. The average molecular weight is 323 g/mol. The molecule has 2 N–H and O–H groups in total. The van der Waals surface area contributed by atoms with Crippen molar-refractivity contribution in [3.8, 4) is 11.1 Å². The molecule has 110 valence electrons. The Morgan fingerprint density at radius 3 is 2.48 bits per heavy atom. The van der Waals surface area contributed by atoms with Gasteiger partial charge in [-0.3, -0.25) is 0 Å². The third-order valence-electron chi connectivity index (χ3n) is 5.03. The van der Waals surface area contributed by atoms with Gasteiger partial charge in [-0.05, 0) is 43.2 Å². The molecule has 1 heterocycles. The zero-order valence-electron chi connectivity index (χ0n) is 11.5. The Labute approximate surface area is 133 Å². The Balaban J connectivity index is 1.85. The summed E-state index contributed by atoms with van der Waals surface area (Å²) in [5, 5.41) is 5.16. The average Bonchev–Trinajstić information content (AvgIpc) is 3.15. The topological polar surface area (TPSA) is 52.0 Å². The van der Waals surface area contributed by atoms with Crippen LogP contribution in [0.2, 0.25) is 10.0 Å². The summed E-state index contributed by atoms with van der Waals surface area (Å²) in [7, 11) is 0. The zero-order valence-corrected chi connectivity index (χ0v) is 13.0. The SMILES string of the molecule is Nc1noc(C2CC3CCC2C3)c1-c1c(Cl)cccc1Cl. The molecule has 3 nitrogen and oxygen atoms in total. The minimum atomic E-state index is 0.378. The Morgan fingerprint density at radius 2 is 1.86 bits per heavy atom. The van der Waals surface area contributed by atoms with Crippen molar-refractivity contribution in [2.75, 3.05) is 5.73 Å². The van der Waals surface area contributed by atoms with Gasteiger partial charge in [0.2, 0.25) is 0 Å². The maximum Gasteiger partial charge on any atom is 0.175 e. The van der Waals surface area contributed by atoms with Crippen LogP contribution in [0.15, 0.2) is 22.7 Å². The second-order valence-electron chi connectivity index (χ2n) is 6.19. The van der Waals surface area contributed by atoms with Gasteiger partial charge in [-0.15, -0.1) is 0 Å². The number of nitrogens with two attached hydrogens (primary N) is 1. The van der Waals surface area contributed by atoms with Crippen molar-refractivity contribution in [1.29, 1.82) is 0 Å². The highest BCUT2D eigenvalue weighted by molar-refractivity contribution is 6.39. The standard InChI is InChI=1S/C16H16Cl2N2O/c17-11-2-1-3-12(18)13(11)14-15(21-20-16(14)19)10-7-8-4-5-9(10)6-8/h1-3,8-10H,4-7H2,(H2,19,20). The number of rotatable bonds is 2. The van der Waals surface area contributed by atoms with Gasteiger partial charge in [-0.1, -0.05) is 40.8 Å². The molecule has 3 unspecified atom stereocenters. The van der Waals surface area contributed by atoms with Gasteiger partial charge in [0.15, 0.2) is 5.82 Å². The van der Waals surface area contributed by atoms with Crippen LogP contribution < -0.4 is 5.73 Å². The van der Waals surface area contributed by atoms with Crippen molar-refractivity contribution in [2.45, 2.75) is 31.6 Å². The Hall–Kier alpha value is -1.19. The molecule has 0 spiro atoms. The van der Waals surface area contributed by atoms with Crippen molar-refractivity contribution in [1.82, 2.24) is 5.16 Å². The molecule has 0 saturated heterocycles. The van der Waals surface area contributed by atoms with Crippen LogP contribution in [0.5, 0.6) is 0 Å². The van der Waals surface area contributed by atoms with Gasteiger partial charge in [0.25, 0.3) is 0 Å². The Morgan fingerprint density at radius 1 is 1.10 bits per heavy atom. The molecule has 3 atom stereocenters. The van der Waals surface area contributed by atoms with Crippen molar-refractivity contribution >= 4 is 29.0 Å². The predicted octanol–water partition coefficient (Wildman–Crippen LogP) is 5.13. The molecule has 2 saturated carbocycles. The minimum Gasteiger partial charge on any atom is -0.380 e. The monoisotopic (exact) mass is 322 g/mol. The van der Waals surface area contributed by atoms with Crippen LogP contribution in [0.25, 0.3) is 11.1 Å². The van der Waals surface area contributed by atoms with E-state index in [0.717, 1.165) is 29.2 Å². The first kappa shape index (κ1) is 13.5. The quantitative estimate of drug-likeness (QED) is 0.833. The van der Waals surface area contributed by atoms with E-state index >= 15 is 0 Å². The number of benzene rings is 1. The fraction of sp³-hybridized carbons (Fsp3) is 0.438. The normalized spacial score (nSPS) is 27.4. The van der Waals surface area contributed by atoms with E-state index in [4.69, 9.17) is 33.5 Å². The first-order chi connectivity index (χ1) is 10.1. The van der Waals surface area contributed by atoms with Gasteiger partial charge >= 0.3 is 0 Å². The van der Waals surface area contributed by atoms with Gasteiger partial charge in [0.05, 0.1) is 15.6 Å². The molecule has 2 fully saturated rings. The lowest BCUT2D eigenvalue weighted by Crippen LogP contribution is -2.09. The Kier molecular flexibility index (Phi) is 3.16. The summed E-state index contributed by atoms with van der Waals surface area (Å²) in [6, 6.07) is 5.47. The summed E-state index contributed by atoms with van der Waals surface area (Å²) >= 11 is 12.7. The van der Waals surface area contributed by atoms with Crippen LogP contribution >= 0.6 is 23.2 Å². The van der Waals surface area contributed by atoms with Crippen molar-refractivity contribution < 1.29 is 4.52 Å². The fourth-order valence-electron chi connectivity index (χ4n) is 4.12. The van der Waals surface area contributed by atoms with Gasteiger partial charge < -0.3 is 10.3 Å². The van der Waals surface area contributed by atoms with E-state index in [1.165, 1.54) is 19.3 Å². The molecule has 21 heavy (non-hydrogen) atoms. The van der Waals surface area contributed by atoms with Gasteiger partial charge in [-0.2, -0.15) is 0 Å². The van der Waals surface area contributed by atoms with Gasteiger partial charge in [-0.25, -0.2) is 0 Å². The molecule has 2 aliphatic rings. The molecule has 1 aromatic heterocycles. The van der Waals surface area contributed by atoms with E-state index in [2.05, 4.69) is 5.16 Å². The number of nitrogens with zero attached hydrogens (tertiary/aromatic N) is 1. The largest absolute Gasteiger partial charge is 0.380 e. The highest BCUT2D eigenvalue weighted by Gasteiger charge is 2.43. The predicted molar refractivity (Wildman–Crippen MR) is 84.6 cm³/mol. The first-order valence-electron chi connectivity index (χ1n) is 7.34. The first-order valence-corrected chi connectivity index (χ1v) is 8.10. The fourth-order valence-corrected chi connectivity index (χ4v) is 4.71. The summed E-state index contributed by atoms with van der Waals surface area (Å²) in [5.41, 5.74) is 7.60. The van der Waals surface area contributed by atoms with Crippen LogP contribution in [-0.2, 0) is 0 Å². The summed E-state index contributed by atoms with van der Waals surface area (Å²) in [6.07, 6.45) is 5.06. The molecule has 2 aromatic rings. The molecular weight excluding hydrogens is 307 g/mol. The smallest absolute Gasteiger partial charge is 0.175 e. The highest BCUT2D eigenvalue weighted by atomic mass is 35.5. The molecule has 0 radical (unpaired) electrons. The molecule has 1 aromatic carbocycles. The second-order valence-corrected chi connectivity index (χ2v) is 7.00. The van der Waals surface area contributed by atoms with E-state index in [9.17, 15) is 0 Å². The maximum absolute atomic E-state index is 6.34.